The van der Waals surface area contributed by atoms with Crippen LogP contribution in [0.25, 0.3) is 0 Å². The van der Waals surface area contributed by atoms with Gasteiger partial charge in [0, 0.05) is 13.1 Å². The van der Waals surface area contributed by atoms with Gasteiger partial charge in [-0.1, -0.05) is 6.07 Å². The number of methoxy groups -OCH3 is 1. The second kappa shape index (κ2) is 7.55. The van der Waals surface area contributed by atoms with Crippen molar-refractivity contribution in [2.75, 3.05) is 26.7 Å². The first-order valence-corrected chi connectivity index (χ1v) is 8.15. The van der Waals surface area contributed by atoms with Crippen molar-refractivity contribution in [1.82, 2.24) is 19.7 Å². The highest BCUT2D eigenvalue weighted by Gasteiger charge is 2.20. The van der Waals surface area contributed by atoms with Gasteiger partial charge >= 0.3 is 0 Å². The van der Waals surface area contributed by atoms with Crippen molar-refractivity contribution in [3.63, 3.8) is 0 Å². The molecule has 1 fully saturated rings. The smallest absolute Gasteiger partial charge is 0.165 e. The second-order valence-electron chi connectivity index (χ2n) is 6.02. The molecule has 0 unspecified atom stereocenters. The van der Waals surface area contributed by atoms with Crippen molar-refractivity contribution >= 4 is 0 Å². The number of ether oxygens (including phenoxy) is 1. The molecule has 6 heteroatoms. The summed E-state index contributed by atoms with van der Waals surface area (Å²) in [7, 11) is 1.49. The number of aryl methyl sites for hydroxylation is 1. The van der Waals surface area contributed by atoms with Gasteiger partial charge in [-0.25, -0.2) is 14.1 Å². The van der Waals surface area contributed by atoms with Crippen LogP contribution in [0.3, 0.4) is 0 Å². The maximum Gasteiger partial charge on any atom is 0.165 e. The zero-order valence-electron chi connectivity index (χ0n) is 13.5. The fourth-order valence-corrected chi connectivity index (χ4v) is 3.19. The molecule has 23 heavy (non-hydrogen) atoms. The third-order valence-electron chi connectivity index (χ3n) is 4.52. The highest BCUT2D eigenvalue weighted by molar-refractivity contribution is 5.29. The first-order chi connectivity index (χ1) is 11.3. The Morgan fingerprint density at radius 1 is 1.30 bits per heavy atom. The molecule has 0 amide bonds. The lowest BCUT2D eigenvalue weighted by Crippen LogP contribution is -2.35. The fraction of sp³-hybridized carbons (Fsp3) is 0.529. The molecule has 5 nitrogen and oxygen atoms in total. The Labute approximate surface area is 136 Å². The number of hydrogen-bond donors (Lipinski definition) is 0. The minimum Gasteiger partial charge on any atom is -0.494 e. The lowest BCUT2D eigenvalue weighted by molar-refractivity contribution is 0.178. The Kier molecular flexibility index (Phi) is 5.23. The largest absolute Gasteiger partial charge is 0.494 e. The Morgan fingerprint density at radius 3 is 2.78 bits per heavy atom. The summed E-state index contributed by atoms with van der Waals surface area (Å²) in [4.78, 5) is 6.50. The van der Waals surface area contributed by atoms with Gasteiger partial charge in [-0.2, -0.15) is 5.10 Å². The predicted octanol–water partition coefficient (Wildman–Crippen LogP) is 2.70. The third-order valence-corrected chi connectivity index (χ3v) is 4.52. The predicted molar refractivity (Wildman–Crippen MR) is 86.0 cm³/mol. The molecule has 0 saturated carbocycles. The summed E-state index contributed by atoms with van der Waals surface area (Å²) >= 11 is 0. The number of nitrogens with zero attached hydrogens (tertiary/aromatic N) is 4. The molecule has 1 saturated heterocycles. The van der Waals surface area contributed by atoms with E-state index in [0.717, 1.165) is 50.9 Å². The molecular weight excluding hydrogens is 295 g/mol. The standard InChI is InChI=1S/C17H23FN4O/c1-23-17-5-4-14(11-16(17)18)3-2-8-21-9-6-15(7-10-21)22-13-19-12-20-22/h4-5,11-13,15H,2-3,6-10H2,1H3. The summed E-state index contributed by atoms with van der Waals surface area (Å²) in [6.07, 6.45) is 7.56. The van der Waals surface area contributed by atoms with Crippen molar-refractivity contribution < 1.29 is 9.13 Å². The van der Waals surface area contributed by atoms with Crippen LogP contribution >= 0.6 is 0 Å². The van der Waals surface area contributed by atoms with Gasteiger partial charge < -0.3 is 9.64 Å². The van der Waals surface area contributed by atoms with Crippen molar-refractivity contribution in [3.8, 4) is 5.75 Å². The molecule has 0 spiro atoms. The SMILES string of the molecule is COc1ccc(CCCN2CCC(n3cncn3)CC2)cc1F. The topological polar surface area (TPSA) is 43.2 Å². The van der Waals surface area contributed by atoms with Crippen LogP contribution in [0.2, 0.25) is 0 Å². The summed E-state index contributed by atoms with van der Waals surface area (Å²) in [6.45, 7) is 3.22. The van der Waals surface area contributed by atoms with E-state index in [1.807, 2.05) is 10.7 Å². The average Bonchev–Trinajstić information content (AvgIpc) is 3.10. The maximum absolute atomic E-state index is 13.7. The van der Waals surface area contributed by atoms with E-state index in [9.17, 15) is 4.39 Å². The van der Waals surface area contributed by atoms with E-state index < -0.39 is 0 Å². The molecule has 1 aliphatic heterocycles. The molecule has 2 aromatic rings. The minimum absolute atomic E-state index is 0.279. The average molecular weight is 318 g/mol. The first-order valence-electron chi connectivity index (χ1n) is 8.15. The van der Waals surface area contributed by atoms with E-state index in [0.29, 0.717) is 11.8 Å². The number of piperidine rings is 1. The molecule has 0 N–H and O–H groups in total. The van der Waals surface area contributed by atoms with Crippen molar-refractivity contribution in [2.45, 2.75) is 31.7 Å². The van der Waals surface area contributed by atoms with Gasteiger partial charge in [-0.05, 0) is 49.9 Å². The van der Waals surface area contributed by atoms with Crippen molar-refractivity contribution in [2.24, 2.45) is 0 Å². The van der Waals surface area contributed by atoms with E-state index >= 15 is 0 Å². The van der Waals surface area contributed by atoms with E-state index in [1.54, 1.807) is 24.8 Å². The minimum atomic E-state index is -0.279. The molecule has 2 heterocycles. The number of rotatable bonds is 6. The lowest BCUT2D eigenvalue weighted by atomic mass is 10.0. The third kappa shape index (κ3) is 4.07. The molecule has 0 radical (unpaired) electrons. The van der Waals surface area contributed by atoms with E-state index in [4.69, 9.17) is 4.74 Å². The van der Waals surface area contributed by atoms with Crippen LogP contribution in [0.15, 0.2) is 30.9 Å². The summed E-state index contributed by atoms with van der Waals surface area (Å²) in [5, 5.41) is 4.23. The van der Waals surface area contributed by atoms with Crippen molar-refractivity contribution in [3.05, 3.63) is 42.2 Å². The summed E-state index contributed by atoms with van der Waals surface area (Å²) < 4.78 is 20.6. The van der Waals surface area contributed by atoms with Crippen LogP contribution in [0, 0.1) is 5.82 Å². The van der Waals surface area contributed by atoms with Gasteiger partial charge in [-0.3, -0.25) is 0 Å². The number of hydrogen-bond acceptors (Lipinski definition) is 4. The number of benzene rings is 1. The Bertz CT molecular complexity index is 609. The van der Waals surface area contributed by atoms with E-state index in [1.165, 1.54) is 7.11 Å². The van der Waals surface area contributed by atoms with Gasteiger partial charge in [0.2, 0.25) is 0 Å². The Balaban J connectivity index is 1.41. The van der Waals surface area contributed by atoms with Gasteiger partial charge in [0.15, 0.2) is 11.6 Å². The van der Waals surface area contributed by atoms with Crippen LogP contribution < -0.4 is 4.74 Å². The molecule has 1 aromatic heterocycles. The highest BCUT2D eigenvalue weighted by atomic mass is 19.1. The first kappa shape index (κ1) is 15.9. The lowest BCUT2D eigenvalue weighted by Gasteiger charge is -2.31. The molecule has 1 aliphatic rings. The Hall–Kier alpha value is -1.95. The van der Waals surface area contributed by atoms with Crippen LogP contribution in [-0.2, 0) is 6.42 Å². The molecule has 0 aliphatic carbocycles. The molecule has 124 valence electrons. The van der Waals surface area contributed by atoms with Gasteiger partial charge in [-0.15, -0.1) is 0 Å². The summed E-state index contributed by atoms with van der Waals surface area (Å²) in [5.41, 5.74) is 1.03. The van der Waals surface area contributed by atoms with Crippen LogP contribution in [0.4, 0.5) is 4.39 Å². The molecule has 0 atom stereocenters. The second-order valence-corrected chi connectivity index (χ2v) is 6.02. The zero-order chi connectivity index (χ0) is 16.1. The van der Waals surface area contributed by atoms with Crippen LogP contribution in [-0.4, -0.2) is 46.4 Å². The summed E-state index contributed by atoms with van der Waals surface area (Å²) in [6, 6.07) is 5.70. The number of aromatic nitrogens is 3. The highest BCUT2D eigenvalue weighted by Crippen LogP contribution is 2.22. The zero-order valence-corrected chi connectivity index (χ0v) is 13.5. The maximum atomic E-state index is 13.7. The fourth-order valence-electron chi connectivity index (χ4n) is 3.19. The van der Waals surface area contributed by atoms with E-state index in [-0.39, 0.29) is 5.82 Å². The normalized spacial score (nSPS) is 16.6. The Morgan fingerprint density at radius 2 is 2.13 bits per heavy atom. The van der Waals surface area contributed by atoms with Crippen LogP contribution in [0.1, 0.15) is 30.9 Å². The molecule has 0 bridgehead atoms. The molecular formula is C17H23FN4O. The monoisotopic (exact) mass is 318 g/mol. The van der Waals surface area contributed by atoms with Gasteiger partial charge in [0.05, 0.1) is 13.2 Å². The van der Waals surface area contributed by atoms with Gasteiger partial charge in [0.25, 0.3) is 0 Å². The van der Waals surface area contributed by atoms with Gasteiger partial charge in [0.1, 0.15) is 12.7 Å². The number of likely N-dealkylation sites (tertiary alicyclic amines) is 1. The quantitative estimate of drug-likeness (QED) is 0.821. The molecule has 3 rings (SSSR count). The van der Waals surface area contributed by atoms with E-state index in [2.05, 4.69) is 15.0 Å². The van der Waals surface area contributed by atoms with Crippen LogP contribution in [0.5, 0.6) is 5.75 Å². The summed E-state index contributed by atoms with van der Waals surface area (Å²) in [5.74, 6) is 0.0302. The molecule has 1 aromatic carbocycles. The number of halogens is 1. The van der Waals surface area contributed by atoms with Crippen molar-refractivity contribution in [1.29, 1.82) is 0 Å².